The Hall–Kier alpha value is -3.52. The smallest absolute Gasteiger partial charge is 0.261 e. The van der Waals surface area contributed by atoms with Gasteiger partial charge in [-0.25, -0.2) is 8.42 Å². The summed E-state index contributed by atoms with van der Waals surface area (Å²) in [5, 5.41) is 2.90. The maximum absolute atomic E-state index is 12.8. The molecule has 8 heteroatoms. The van der Waals surface area contributed by atoms with Crippen LogP contribution in [0.4, 0.5) is 5.69 Å². The van der Waals surface area contributed by atoms with Crippen molar-refractivity contribution < 1.29 is 22.7 Å². The predicted octanol–water partition coefficient (Wildman–Crippen LogP) is 4.06. The van der Waals surface area contributed by atoms with Gasteiger partial charge in [-0.1, -0.05) is 24.3 Å². The Bertz CT molecular complexity index is 1260. The third-order valence-electron chi connectivity index (χ3n) is 5.09. The van der Waals surface area contributed by atoms with Gasteiger partial charge in [0.1, 0.15) is 13.2 Å². The minimum atomic E-state index is -3.84. The lowest BCUT2D eigenvalue weighted by molar-refractivity contribution is 0.0939. The molecule has 0 aliphatic carbocycles. The third kappa shape index (κ3) is 4.86. The van der Waals surface area contributed by atoms with Crippen LogP contribution in [0.2, 0.25) is 0 Å². The van der Waals surface area contributed by atoms with Crippen LogP contribution in [0.15, 0.2) is 71.6 Å². The van der Waals surface area contributed by atoms with Crippen molar-refractivity contribution in [1.29, 1.82) is 0 Å². The molecule has 0 bridgehead atoms. The van der Waals surface area contributed by atoms with Gasteiger partial charge in [0, 0.05) is 11.3 Å². The molecule has 1 atom stereocenters. The summed E-state index contributed by atoms with van der Waals surface area (Å²) < 4.78 is 39.3. The molecule has 1 aliphatic heterocycles. The average Bonchev–Trinajstić information content (AvgIpc) is 2.78. The summed E-state index contributed by atoms with van der Waals surface area (Å²) in [6.07, 6.45) is 0. The van der Waals surface area contributed by atoms with E-state index in [9.17, 15) is 13.2 Å². The van der Waals surface area contributed by atoms with E-state index in [0.29, 0.717) is 30.4 Å². The normalized spacial score (nSPS) is 13.8. The fraction of sp³-hybridized carbons (Fsp3) is 0.208. The number of fused-ring (bicyclic) bond motifs is 1. The summed E-state index contributed by atoms with van der Waals surface area (Å²) >= 11 is 0. The van der Waals surface area contributed by atoms with Gasteiger partial charge < -0.3 is 14.8 Å². The summed E-state index contributed by atoms with van der Waals surface area (Å²) in [6, 6.07) is 18.2. The first-order chi connectivity index (χ1) is 15.3. The summed E-state index contributed by atoms with van der Waals surface area (Å²) in [5.41, 5.74) is 2.51. The molecule has 0 unspecified atom stereocenters. The van der Waals surface area contributed by atoms with Gasteiger partial charge in [0.25, 0.3) is 15.9 Å². The summed E-state index contributed by atoms with van der Waals surface area (Å²) in [7, 11) is -3.84. The van der Waals surface area contributed by atoms with Crippen LogP contribution in [0.1, 0.15) is 34.5 Å². The Morgan fingerprint density at radius 1 is 0.938 bits per heavy atom. The Kier molecular flexibility index (Phi) is 6.05. The molecule has 7 nitrogen and oxygen atoms in total. The van der Waals surface area contributed by atoms with Gasteiger partial charge in [-0.2, -0.15) is 0 Å². The van der Waals surface area contributed by atoms with Crippen LogP contribution in [0.3, 0.4) is 0 Å². The van der Waals surface area contributed by atoms with Gasteiger partial charge in [-0.3, -0.25) is 9.52 Å². The van der Waals surface area contributed by atoms with E-state index in [-0.39, 0.29) is 22.4 Å². The number of aryl methyl sites for hydroxylation is 1. The highest BCUT2D eigenvalue weighted by atomic mass is 32.2. The van der Waals surface area contributed by atoms with E-state index >= 15 is 0 Å². The van der Waals surface area contributed by atoms with Gasteiger partial charge >= 0.3 is 0 Å². The molecule has 0 saturated heterocycles. The zero-order chi connectivity index (χ0) is 22.7. The number of anilines is 1. The van der Waals surface area contributed by atoms with E-state index in [4.69, 9.17) is 9.47 Å². The van der Waals surface area contributed by atoms with E-state index in [1.54, 1.807) is 30.3 Å². The molecule has 1 amide bonds. The first kappa shape index (κ1) is 21.7. The molecule has 32 heavy (non-hydrogen) atoms. The van der Waals surface area contributed by atoms with Crippen LogP contribution in [-0.4, -0.2) is 27.5 Å². The van der Waals surface area contributed by atoms with Crippen molar-refractivity contribution in [3.05, 3.63) is 83.4 Å². The van der Waals surface area contributed by atoms with Crippen LogP contribution < -0.4 is 19.5 Å². The zero-order valence-electron chi connectivity index (χ0n) is 17.8. The second kappa shape index (κ2) is 8.92. The van der Waals surface area contributed by atoms with Gasteiger partial charge in [0.2, 0.25) is 0 Å². The fourth-order valence-electron chi connectivity index (χ4n) is 3.42. The van der Waals surface area contributed by atoms with Crippen LogP contribution >= 0.6 is 0 Å². The SMILES string of the molecule is Cc1cccc(NS(=O)(=O)c2cccc(C(=O)N[C@H](C)c3ccc4c(c3)OCCO4)c2)c1. The van der Waals surface area contributed by atoms with Crippen molar-refractivity contribution in [3.63, 3.8) is 0 Å². The largest absolute Gasteiger partial charge is 0.486 e. The standard InChI is InChI=1S/C24H24N2O5S/c1-16-5-3-7-20(13-16)26-32(28,29)21-8-4-6-19(14-21)24(27)25-17(2)18-9-10-22-23(15-18)31-12-11-30-22/h3-10,13-15,17,26H,11-12H2,1-2H3,(H,25,27)/t17-/m1/s1. The second-order valence-corrected chi connectivity index (χ2v) is 9.28. The summed E-state index contributed by atoms with van der Waals surface area (Å²) in [4.78, 5) is 12.8. The minimum Gasteiger partial charge on any atom is -0.486 e. The van der Waals surface area contributed by atoms with Gasteiger partial charge in [0.05, 0.1) is 10.9 Å². The number of benzene rings is 3. The molecule has 2 N–H and O–H groups in total. The van der Waals surface area contributed by atoms with Gasteiger partial charge in [-0.05, 0) is 67.4 Å². The van der Waals surface area contributed by atoms with Crippen LogP contribution in [0, 0.1) is 6.92 Å². The van der Waals surface area contributed by atoms with E-state index < -0.39 is 10.0 Å². The molecule has 0 fully saturated rings. The number of amides is 1. The second-order valence-electron chi connectivity index (χ2n) is 7.60. The average molecular weight is 453 g/mol. The summed E-state index contributed by atoms with van der Waals surface area (Å²) in [5.74, 6) is 0.947. The Morgan fingerprint density at radius 2 is 1.69 bits per heavy atom. The number of sulfonamides is 1. The Balaban J connectivity index is 1.49. The molecular formula is C24H24N2O5S. The van der Waals surface area contributed by atoms with E-state index in [1.807, 2.05) is 38.1 Å². The highest BCUT2D eigenvalue weighted by Crippen LogP contribution is 2.32. The molecule has 0 aromatic heterocycles. The third-order valence-corrected chi connectivity index (χ3v) is 6.47. The van der Waals surface area contributed by atoms with E-state index in [1.165, 1.54) is 12.1 Å². The molecule has 3 aromatic rings. The Morgan fingerprint density at radius 3 is 2.47 bits per heavy atom. The number of rotatable bonds is 6. The monoisotopic (exact) mass is 452 g/mol. The number of carbonyl (C=O) groups is 1. The number of hydrogen-bond donors (Lipinski definition) is 2. The molecule has 1 heterocycles. The lowest BCUT2D eigenvalue weighted by Crippen LogP contribution is -2.27. The maximum Gasteiger partial charge on any atom is 0.261 e. The van der Waals surface area contributed by atoms with Crippen molar-refractivity contribution in [1.82, 2.24) is 5.32 Å². The Labute approximate surface area is 187 Å². The number of hydrogen-bond acceptors (Lipinski definition) is 5. The first-order valence-electron chi connectivity index (χ1n) is 10.2. The molecule has 4 rings (SSSR count). The minimum absolute atomic E-state index is 0.0126. The zero-order valence-corrected chi connectivity index (χ0v) is 18.6. The van der Waals surface area contributed by atoms with Crippen LogP contribution in [0.25, 0.3) is 0 Å². The lowest BCUT2D eigenvalue weighted by atomic mass is 10.1. The predicted molar refractivity (Wildman–Crippen MR) is 122 cm³/mol. The van der Waals surface area contributed by atoms with Gasteiger partial charge in [0.15, 0.2) is 11.5 Å². The number of carbonyl (C=O) groups excluding carboxylic acids is 1. The molecular weight excluding hydrogens is 428 g/mol. The van der Waals surface area contributed by atoms with E-state index in [0.717, 1.165) is 11.1 Å². The first-order valence-corrected chi connectivity index (χ1v) is 11.7. The number of ether oxygens (including phenoxy) is 2. The molecule has 3 aromatic carbocycles. The highest BCUT2D eigenvalue weighted by molar-refractivity contribution is 7.92. The molecule has 166 valence electrons. The van der Waals surface area contributed by atoms with Crippen LogP contribution in [0.5, 0.6) is 11.5 Å². The van der Waals surface area contributed by atoms with Crippen molar-refractivity contribution in [2.45, 2.75) is 24.8 Å². The van der Waals surface area contributed by atoms with Crippen molar-refractivity contribution in [2.24, 2.45) is 0 Å². The fourth-order valence-corrected chi connectivity index (χ4v) is 4.51. The lowest BCUT2D eigenvalue weighted by Gasteiger charge is -2.21. The maximum atomic E-state index is 12.8. The number of nitrogens with one attached hydrogen (secondary N) is 2. The van der Waals surface area contributed by atoms with Crippen molar-refractivity contribution in [3.8, 4) is 11.5 Å². The van der Waals surface area contributed by atoms with Crippen molar-refractivity contribution >= 4 is 21.6 Å². The van der Waals surface area contributed by atoms with Gasteiger partial charge in [-0.15, -0.1) is 0 Å². The van der Waals surface area contributed by atoms with E-state index in [2.05, 4.69) is 10.0 Å². The molecule has 0 saturated carbocycles. The van der Waals surface area contributed by atoms with Crippen LogP contribution in [-0.2, 0) is 10.0 Å². The summed E-state index contributed by atoms with van der Waals surface area (Å²) in [6.45, 7) is 4.72. The topological polar surface area (TPSA) is 93.7 Å². The molecule has 0 spiro atoms. The molecule has 0 radical (unpaired) electrons. The quantitative estimate of drug-likeness (QED) is 0.588. The van der Waals surface area contributed by atoms with Crippen molar-refractivity contribution in [2.75, 3.05) is 17.9 Å². The molecule has 1 aliphatic rings. The highest BCUT2D eigenvalue weighted by Gasteiger charge is 2.19.